The lowest BCUT2D eigenvalue weighted by molar-refractivity contribution is -0.149. The van der Waals surface area contributed by atoms with Gasteiger partial charge in [-0.05, 0) is 56.0 Å². The molecule has 0 aliphatic rings. The first-order valence-corrected chi connectivity index (χ1v) is 10.4. The first-order chi connectivity index (χ1) is 14.8. The van der Waals surface area contributed by atoms with Crippen molar-refractivity contribution < 1.29 is 19.5 Å². The molecule has 0 unspecified atom stereocenters. The number of carbonyl (C=O) groups is 3. The average molecular weight is 426 g/mol. The molecule has 2 aromatic rings. The lowest BCUT2D eigenvalue weighted by Crippen LogP contribution is -2.50. The molecule has 7 heteroatoms. The summed E-state index contributed by atoms with van der Waals surface area (Å²) in [5, 5.41) is 15.3. The van der Waals surface area contributed by atoms with Crippen molar-refractivity contribution in [2.75, 3.05) is 18.9 Å². The van der Waals surface area contributed by atoms with Crippen LogP contribution in [0.15, 0.2) is 54.6 Å². The summed E-state index contributed by atoms with van der Waals surface area (Å²) in [5.74, 6) is -1.38. The predicted molar refractivity (Wildman–Crippen MR) is 121 cm³/mol. The van der Waals surface area contributed by atoms with E-state index >= 15 is 0 Å². The van der Waals surface area contributed by atoms with Crippen molar-refractivity contribution in [3.63, 3.8) is 0 Å². The number of aliphatic carboxylic acids is 1. The number of anilines is 1. The number of amides is 2. The van der Waals surface area contributed by atoms with E-state index in [0.717, 1.165) is 16.8 Å². The summed E-state index contributed by atoms with van der Waals surface area (Å²) in [5.41, 5.74) is 2.94. The normalized spacial score (nSPS) is 12.6. The molecule has 166 valence electrons. The molecule has 7 nitrogen and oxygen atoms in total. The van der Waals surface area contributed by atoms with Gasteiger partial charge in [0.05, 0.1) is 6.04 Å². The molecule has 0 fully saturated rings. The van der Waals surface area contributed by atoms with Crippen LogP contribution >= 0.6 is 0 Å². The van der Waals surface area contributed by atoms with Crippen LogP contribution in [0.1, 0.15) is 31.4 Å². The zero-order valence-electron chi connectivity index (χ0n) is 18.3. The number of carboxylic acid groups (broad SMARTS) is 1. The second-order valence-corrected chi connectivity index (χ2v) is 7.62. The Morgan fingerprint density at radius 1 is 0.968 bits per heavy atom. The summed E-state index contributed by atoms with van der Waals surface area (Å²) in [6.07, 6.45) is 1.99. The van der Waals surface area contributed by atoms with Gasteiger partial charge in [0, 0.05) is 19.7 Å². The quantitative estimate of drug-likeness (QED) is 0.514. The van der Waals surface area contributed by atoms with E-state index in [9.17, 15) is 19.5 Å². The van der Waals surface area contributed by atoms with Gasteiger partial charge in [-0.1, -0.05) is 42.5 Å². The number of hydrogen-bond acceptors (Lipinski definition) is 4. The van der Waals surface area contributed by atoms with Gasteiger partial charge in [0.1, 0.15) is 6.04 Å². The maximum Gasteiger partial charge on any atom is 0.326 e. The molecule has 0 saturated carbocycles. The second kappa shape index (κ2) is 11.9. The summed E-state index contributed by atoms with van der Waals surface area (Å²) >= 11 is 0. The molecule has 0 bridgehead atoms. The van der Waals surface area contributed by atoms with Crippen LogP contribution in [0.2, 0.25) is 0 Å². The molecule has 3 N–H and O–H groups in total. The standard InChI is InChI=1S/C24H31N3O4/c1-17(24(30)31)27(3)23(29)22(14-11-19-7-5-4-6-8-19)25-16-15-20-9-12-21(13-10-20)26-18(2)28/h4-10,12-13,17,22,25H,11,14-16H2,1-3H3,(H,26,28)(H,30,31)/t17-,22+/m0/s1. The van der Waals surface area contributed by atoms with Gasteiger partial charge in [-0.3, -0.25) is 9.59 Å². The SMILES string of the molecule is CC(=O)Nc1ccc(CCN[C@H](CCc2ccccc2)C(=O)N(C)[C@@H](C)C(=O)O)cc1. The first-order valence-electron chi connectivity index (χ1n) is 10.4. The van der Waals surface area contributed by atoms with Gasteiger partial charge in [-0.2, -0.15) is 0 Å². The fourth-order valence-corrected chi connectivity index (χ4v) is 3.22. The molecule has 2 aromatic carbocycles. The Kier molecular flexibility index (Phi) is 9.21. The average Bonchev–Trinajstić information content (AvgIpc) is 2.76. The lowest BCUT2D eigenvalue weighted by Gasteiger charge is -2.27. The second-order valence-electron chi connectivity index (χ2n) is 7.62. The smallest absolute Gasteiger partial charge is 0.326 e. The Balaban J connectivity index is 1.99. The van der Waals surface area contributed by atoms with Crippen molar-refractivity contribution >= 4 is 23.5 Å². The molecule has 0 heterocycles. The third-order valence-corrected chi connectivity index (χ3v) is 5.23. The number of nitrogens with zero attached hydrogens (tertiary/aromatic N) is 1. The minimum Gasteiger partial charge on any atom is -0.480 e. The third kappa shape index (κ3) is 7.86. The van der Waals surface area contributed by atoms with E-state index in [1.807, 2.05) is 54.6 Å². The monoisotopic (exact) mass is 425 g/mol. The van der Waals surface area contributed by atoms with Crippen LogP contribution in [-0.2, 0) is 27.2 Å². The van der Waals surface area contributed by atoms with E-state index in [1.165, 1.54) is 25.8 Å². The van der Waals surface area contributed by atoms with Crippen LogP contribution in [0.3, 0.4) is 0 Å². The number of hydrogen-bond donors (Lipinski definition) is 3. The number of carbonyl (C=O) groups excluding carboxylic acids is 2. The highest BCUT2D eigenvalue weighted by molar-refractivity contribution is 5.88. The van der Waals surface area contributed by atoms with E-state index in [4.69, 9.17) is 0 Å². The van der Waals surface area contributed by atoms with Crippen LogP contribution in [0.4, 0.5) is 5.69 Å². The number of carboxylic acids is 1. The molecular weight excluding hydrogens is 394 g/mol. The van der Waals surface area contributed by atoms with Gasteiger partial charge in [0.2, 0.25) is 11.8 Å². The van der Waals surface area contributed by atoms with Crippen molar-refractivity contribution in [2.24, 2.45) is 0 Å². The highest BCUT2D eigenvalue weighted by atomic mass is 16.4. The van der Waals surface area contributed by atoms with Gasteiger partial charge in [0.25, 0.3) is 0 Å². The van der Waals surface area contributed by atoms with Crippen molar-refractivity contribution in [3.8, 4) is 0 Å². The van der Waals surface area contributed by atoms with Crippen LogP contribution in [0.25, 0.3) is 0 Å². The van der Waals surface area contributed by atoms with Crippen LogP contribution < -0.4 is 10.6 Å². The van der Waals surface area contributed by atoms with E-state index in [0.29, 0.717) is 25.8 Å². The zero-order chi connectivity index (χ0) is 22.8. The van der Waals surface area contributed by atoms with Gasteiger partial charge in [-0.25, -0.2) is 4.79 Å². The number of rotatable bonds is 11. The van der Waals surface area contributed by atoms with Gasteiger partial charge < -0.3 is 20.6 Å². The van der Waals surface area contributed by atoms with Crippen LogP contribution in [-0.4, -0.2) is 53.5 Å². The number of likely N-dealkylation sites (N-methyl/N-ethyl adjacent to an activating group) is 1. The van der Waals surface area contributed by atoms with Crippen molar-refractivity contribution in [1.29, 1.82) is 0 Å². The van der Waals surface area contributed by atoms with E-state index in [1.54, 1.807) is 0 Å². The topological polar surface area (TPSA) is 98.7 Å². The summed E-state index contributed by atoms with van der Waals surface area (Å²) < 4.78 is 0. The third-order valence-electron chi connectivity index (χ3n) is 5.23. The molecule has 0 aromatic heterocycles. The minimum atomic E-state index is -1.03. The van der Waals surface area contributed by atoms with E-state index < -0.39 is 18.1 Å². The first kappa shape index (κ1) is 24.1. The van der Waals surface area contributed by atoms with Gasteiger partial charge in [-0.15, -0.1) is 0 Å². The fourth-order valence-electron chi connectivity index (χ4n) is 3.22. The summed E-state index contributed by atoms with van der Waals surface area (Å²) in [4.78, 5) is 36.7. The van der Waals surface area contributed by atoms with Crippen molar-refractivity contribution in [1.82, 2.24) is 10.2 Å². The van der Waals surface area contributed by atoms with E-state index in [-0.39, 0.29) is 11.8 Å². The largest absolute Gasteiger partial charge is 0.480 e. The summed E-state index contributed by atoms with van der Waals surface area (Å²) in [6, 6.07) is 16.1. The fraction of sp³-hybridized carbons (Fsp3) is 0.375. The molecule has 31 heavy (non-hydrogen) atoms. The van der Waals surface area contributed by atoms with Crippen LogP contribution in [0.5, 0.6) is 0 Å². The van der Waals surface area contributed by atoms with Gasteiger partial charge in [0.15, 0.2) is 0 Å². The predicted octanol–water partition coefficient (Wildman–Crippen LogP) is 2.71. The minimum absolute atomic E-state index is 0.117. The van der Waals surface area contributed by atoms with E-state index in [2.05, 4.69) is 10.6 Å². The Hall–Kier alpha value is -3.19. The molecule has 2 rings (SSSR count). The number of nitrogens with one attached hydrogen (secondary N) is 2. The molecule has 0 spiro atoms. The molecule has 2 amide bonds. The molecule has 0 aliphatic carbocycles. The zero-order valence-corrected chi connectivity index (χ0v) is 18.3. The molecule has 0 radical (unpaired) electrons. The maximum absolute atomic E-state index is 13.0. The highest BCUT2D eigenvalue weighted by Crippen LogP contribution is 2.11. The lowest BCUT2D eigenvalue weighted by atomic mass is 10.0. The summed E-state index contributed by atoms with van der Waals surface area (Å²) in [6.45, 7) is 3.54. The Bertz CT molecular complexity index is 868. The molecule has 0 saturated heterocycles. The molecular formula is C24H31N3O4. The maximum atomic E-state index is 13.0. The van der Waals surface area contributed by atoms with Crippen molar-refractivity contribution in [3.05, 3.63) is 65.7 Å². The molecule has 0 aliphatic heterocycles. The van der Waals surface area contributed by atoms with Crippen LogP contribution in [0, 0.1) is 0 Å². The Morgan fingerprint density at radius 2 is 1.58 bits per heavy atom. The highest BCUT2D eigenvalue weighted by Gasteiger charge is 2.27. The summed E-state index contributed by atoms with van der Waals surface area (Å²) in [7, 11) is 1.53. The number of benzene rings is 2. The molecule has 2 atom stereocenters. The Morgan fingerprint density at radius 3 is 2.16 bits per heavy atom. The van der Waals surface area contributed by atoms with Crippen molar-refractivity contribution in [2.45, 2.75) is 45.2 Å². The number of aryl methyl sites for hydroxylation is 1. The van der Waals surface area contributed by atoms with Gasteiger partial charge >= 0.3 is 5.97 Å². The Labute approximate surface area is 183 Å².